The Morgan fingerprint density at radius 2 is 2.00 bits per heavy atom. The summed E-state index contributed by atoms with van der Waals surface area (Å²) in [5, 5.41) is 21.0. The maximum Gasteiger partial charge on any atom is 0.251 e. The summed E-state index contributed by atoms with van der Waals surface area (Å²) in [6.45, 7) is 4.57. The zero-order valence-electron chi connectivity index (χ0n) is 8.82. The first-order valence-electron chi connectivity index (χ1n) is 4.81. The fraction of sp³-hybridized carbons (Fsp3) is 0.364. The molecule has 0 aromatic heterocycles. The topological polar surface area (TPSA) is 69.6 Å². The molecule has 1 rings (SSSR count). The van der Waals surface area contributed by atoms with E-state index in [9.17, 15) is 9.90 Å². The molecule has 0 heterocycles. The van der Waals surface area contributed by atoms with Gasteiger partial charge in [-0.05, 0) is 24.1 Å². The van der Waals surface area contributed by atoms with E-state index in [2.05, 4.69) is 5.32 Å². The SMILES string of the molecule is CC(C)CNC(=O)c1ccc(O)c(O)c1. The smallest absolute Gasteiger partial charge is 0.251 e. The van der Waals surface area contributed by atoms with Crippen LogP contribution in [-0.4, -0.2) is 22.7 Å². The molecule has 0 aliphatic rings. The van der Waals surface area contributed by atoms with Gasteiger partial charge in [0.15, 0.2) is 11.5 Å². The van der Waals surface area contributed by atoms with Gasteiger partial charge in [-0.15, -0.1) is 0 Å². The van der Waals surface area contributed by atoms with Crippen molar-refractivity contribution in [1.82, 2.24) is 5.32 Å². The summed E-state index contributed by atoms with van der Waals surface area (Å²) in [5.41, 5.74) is 0.339. The van der Waals surface area contributed by atoms with Gasteiger partial charge in [-0.1, -0.05) is 13.8 Å². The van der Waals surface area contributed by atoms with Crippen LogP contribution in [-0.2, 0) is 0 Å². The molecule has 15 heavy (non-hydrogen) atoms. The van der Waals surface area contributed by atoms with Crippen molar-refractivity contribution < 1.29 is 15.0 Å². The van der Waals surface area contributed by atoms with Crippen LogP contribution in [0.2, 0.25) is 0 Å². The van der Waals surface area contributed by atoms with Crippen molar-refractivity contribution in [3.63, 3.8) is 0 Å². The lowest BCUT2D eigenvalue weighted by Crippen LogP contribution is -2.27. The van der Waals surface area contributed by atoms with Crippen LogP contribution in [0, 0.1) is 5.92 Å². The van der Waals surface area contributed by atoms with Gasteiger partial charge in [-0.25, -0.2) is 0 Å². The van der Waals surface area contributed by atoms with Gasteiger partial charge in [0.05, 0.1) is 0 Å². The van der Waals surface area contributed by atoms with Gasteiger partial charge >= 0.3 is 0 Å². The quantitative estimate of drug-likeness (QED) is 0.660. The lowest BCUT2D eigenvalue weighted by Gasteiger charge is -2.08. The normalized spacial score (nSPS) is 10.3. The van der Waals surface area contributed by atoms with Crippen LogP contribution in [0.3, 0.4) is 0 Å². The summed E-state index contributed by atoms with van der Waals surface area (Å²) < 4.78 is 0. The first kappa shape index (κ1) is 11.4. The number of amides is 1. The molecule has 0 saturated heterocycles. The lowest BCUT2D eigenvalue weighted by molar-refractivity contribution is 0.0948. The highest BCUT2D eigenvalue weighted by molar-refractivity contribution is 5.94. The first-order valence-corrected chi connectivity index (χ1v) is 4.81. The molecule has 1 aromatic rings. The minimum absolute atomic E-state index is 0.226. The summed E-state index contributed by atoms with van der Waals surface area (Å²) >= 11 is 0. The van der Waals surface area contributed by atoms with Crippen LogP contribution in [0.15, 0.2) is 18.2 Å². The summed E-state index contributed by atoms with van der Waals surface area (Å²) in [6, 6.07) is 4.00. The van der Waals surface area contributed by atoms with E-state index in [0.29, 0.717) is 18.0 Å². The van der Waals surface area contributed by atoms with Crippen molar-refractivity contribution in [3.8, 4) is 11.5 Å². The highest BCUT2D eigenvalue weighted by Gasteiger charge is 2.08. The number of phenolic OH excluding ortho intramolecular Hbond substituents is 2. The molecule has 0 aliphatic carbocycles. The van der Waals surface area contributed by atoms with Crippen molar-refractivity contribution in [1.29, 1.82) is 0 Å². The number of nitrogens with one attached hydrogen (secondary N) is 1. The highest BCUT2D eigenvalue weighted by atomic mass is 16.3. The van der Waals surface area contributed by atoms with Crippen LogP contribution in [0.5, 0.6) is 11.5 Å². The molecule has 0 saturated carbocycles. The Hall–Kier alpha value is -1.71. The molecule has 0 spiro atoms. The summed E-state index contributed by atoms with van der Waals surface area (Å²) in [4.78, 5) is 11.5. The third-order valence-electron chi connectivity index (χ3n) is 1.91. The fourth-order valence-electron chi connectivity index (χ4n) is 1.06. The van der Waals surface area contributed by atoms with E-state index in [1.54, 1.807) is 0 Å². The average molecular weight is 209 g/mol. The summed E-state index contributed by atoms with van der Waals surface area (Å²) in [6.07, 6.45) is 0. The standard InChI is InChI=1S/C11H15NO3/c1-7(2)6-12-11(15)8-3-4-9(13)10(14)5-8/h3-5,7,13-14H,6H2,1-2H3,(H,12,15). The number of hydrogen-bond acceptors (Lipinski definition) is 3. The number of carbonyl (C=O) groups is 1. The van der Waals surface area contributed by atoms with Crippen molar-refractivity contribution in [2.24, 2.45) is 5.92 Å². The van der Waals surface area contributed by atoms with Gasteiger partial charge in [0, 0.05) is 12.1 Å². The minimum Gasteiger partial charge on any atom is -0.504 e. The van der Waals surface area contributed by atoms with Crippen molar-refractivity contribution >= 4 is 5.91 Å². The second-order valence-corrected chi connectivity index (χ2v) is 3.81. The van der Waals surface area contributed by atoms with Gasteiger partial charge in [0.1, 0.15) is 0 Å². The molecule has 3 N–H and O–H groups in total. The molecule has 0 radical (unpaired) electrons. The van der Waals surface area contributed by atoms with Gasteiger partial charge in [0.25, 0.3) is 5.91 Å². The lowest BCUT2D eigenvalue weighted by atomic mass is 10.1. The number of benzene rings is 1. The third kappa shape index (κ3) is 3.16. The monoisotopic (exact) mass is 209 g/mol. The fourth-order valence-corrected chi connectivity index (χ4v) is 1.06. The van der Waals surface area contributed by atoms with Crippen molar-refractivity contribution in [3.05, 3.63) is 23.8 Å². The first-order chi connectivity index (χ1) is 7.00. The van der Waals surface area contributed by atoms with E-state index in [4.69, 9.17) is 5.11 Å². The average Bonchev–Trinajstić information content (AvgIpc) is 2.18. The molecule has 0 unspecified atom stereocenters. The molecule has 0 fully saturated rings. The van der Waals surface area contributed by atoms with E-state index in [-0.39, 0.29) is 17.4 Å². The Morgan fingerprint density at radius 1 is 1.33 bits per heavy atom. The zero-order valence-corrected chi connectivity index (χ0v) is 8.82. The number of hydrogen-bond donors (Lipinski definition) is 3. The van der Waals surface area contributed by atoms with Crippen molar-refractivity contribution in [2.45, 2.75) is 13.8 Å². The largest absolute Gasteiger partial charge is 0.504 e. The van der Waals surface area contributed by atoms with Crippen LogP contribution in [0.1, 0.15) is 24.2 Å². The Labute approximate surface area is 88.6 Å². The van der Waals surface area contributed by atoms with Crippen LogP contribution >= 0.6 is 0 Å². The molecule has 82 valence electrons. The van der Waals surface area contributed by atoms with Gasteiger partial charge in [-0.3, -0.25) is 4.79 Å². The summed E-state index contributed by atoms with van der Waals surface area (Å²) in [7, 11) is 0. The maximum atomic E-state index is 11.5. The summed E-state index contributed by atoms with van der Waals surface area (Å²) in [5.74, 6) is -0.388. The number of rotatable bonds is 3. The third-order valence-corrected chi connectivity index (χ3v) is 1.91. The molecule has 0 atom stereocenters. The van der Waals surface area contributed by atoms with Crippen molar-refractivity contribution in [2.75, 3.05) is 6.54 Å². The molecule has 1 aromatic carbocycles. The van der Waals surface area contributed by atoms with Gasteiger partial charge in [0.2, 0.25) is 0 Å². The van der Waals surface area contributed by atoms with Gasteiger partial charge < -0.3 is 15.5 Å². The molecular weight excluding hydrogens is 194 g/mol. The maximum absolute atomic E-state index is 11.5. The number of phenols is 2. The molecule has 4 nitrogen and oxygen atoms in total. The van der Waals surface area contributed by atoms with E-state index in [0.717, 1.165) is 0 Å². The molecule has 0 bridgehead atoms. The number of carbonyl (C=O) groups excluding carboxylic acids is 1. The molecule has 1 amide bonds. The predicted octanol–water partition coefficient (Wildman–Crippen LogP) is 1.48. The molecular formula is C11H15NO3. The van der Waals surface area contributed by atoms with E-state index >= 15 is 0 Å². The Kier molecular flexibility index (Phi) is 3.55. The Bertz CT molecular complexity index is 361. The second kappa shape index (κ2) is 4.68. The van der Waals surface area contributed by atoms with Crippen LogP contribution in [0.4, 0.5) is 0 Å². The van der Waals surface area contributed by atoms with Gasteiger partial charge in [-0.2, -0.15) is 0 Å². The predicted molar refractivity (Wildman–Crippen MR) is 56.9 cm³/mol. The van der Waals surface area contributed by atoms with Crippen LogP contribution in [0.25, 0.3) is 0 Å². The van der Waals surface area contributed by atoms with E-state index in [1.165, 1.54) is 18.2 Å². The number of aromatic hydroxyl groups is 2. The Morgan fingerprint density at radius 3 is 2.53 bits per heavy atom. The van der Waals surface area contributed by atoms with E-state index in [1.807, 2.05) is 13.8 Å². The second-order valence-electron chi connectivity index (χ2n) is 3.81. The molecule has 0 aliphatic heterocycles. The Balaban J connectivity index is 2.70. The van der Waals surface area contributed by atoms with E-state index < -0.39 is 0 Å². The minimum atomic E-state index is -0.285. The highest BCUT2D eigenvalue weighted by Crippen LogP contribution is 2.24. The molecule has 4 heteroatoms. The zero-order chi connectivity index (χ0) is 11.4. The van der Waals surface area contributed by atoms with Crippen LogP contribution < -0.4 is 5.32 Å².